The minimum absolute atomic E-state index is 0.0478. The number of nitrogens with zero attached hydrogens (tertiary/aromatic N) is 3. The van der Waals surface area contributed by atoms with Crippen LogP contribution < -0.4 is 10.3 Å². The molecule has 0 amide bonds. The van der Waals surface area contributed by atoms with Crippen molar-refractivity contribution in [3.05, 3.63) is 51.2 Å². The van der Waals surface area contributed by atoms with Gasteiger partial charge in [0.1, 0.15) is 0 Å². The van der Waals surface area contributed by atoms with Crippen molar-refractivity contribution in [2.75, 3.05) is 0 Å². The molecule has 0 spiro atoms. The SMILES string of the molecule is Cn1ncc(Oc2ccc(C#N)cc2F)c(Cl)c1=O. The van der Waals surface area contributed by atoms with E-state index in [4.69, 9.17) is 21.6 Å². The monoisotopic (exact) mass is 279 g/mol. The molecule has 0 aliphatic carbocycles. The Labute approximate surface area is 112 Å². The molecule has 0 saturated carbocycles. The maximum absolute atomic E-state index is 13.6. The predicted octanol–water partition coefficient (Wildman–Crippen LogP) is 2.24. The lowest BCUT2D eigenvalue weighted by molar-refractivity contribution is 0.436. The number of rotatable bonds is 2. The molecule has 19 heavy (non-hydrogen) atoms. The molecule has 1 aromatic carbocycles. The molecule has 96 valence electrons. The summed E-state index contributed by atoms with van der Waals surface area (Å²) in [5.74, 6) is -0.917. The fourth-order valence-electron chi connectivity index (χ4n) is 1.34. The van der Waals surface area contributed by atoms with E-state index in [-0.39, 0.29) is 22.1 Å². The highest BCUT2D eigenvalue weighted by molar-refractivity contribution is 6.31. The highest BCUT2D eigenvalue weighted by Gasteiger charge is 2.12. The van der Waals surface area contributed by atoms with Gasteiger partial charge in [-0.2, -0.15) is 10.4 Å². The summed E-state index contributed by atoms with van der Waals surface area (Å²) < 4.78 is 19.8. The molecule has 0 fully saturated rings. The standard InChI is InChI=1S/C12H7ClFN3O2/c1-17-12(18)11(13)10(6-16-17)19-9-3-2-7(5-15)4-8(9)14/h2-4,6H,1H3. The number of aryl methyl sites for hydroxylation is 1. The highest BCUT2D eigenvalue weighted by atomic mass is 35.5. The topological polar surface area (TPSA) is 67.9 Å². The van der Waals surface area contributed by atoms with Gasteiger partial charge in [-0.25, -0.2) is 9.07 Å². The molecule has 7 heteroatoms. The second-order valence-electron chi connectivity index (χ2n) is 3.61. The molecule has 0 atom stereocenters. The fraction of sp³-hybridized carbons (Fsp3) is 0.0833. The van der Waals surface area contributed by atoms with Crippen molar-refractivity contribution < 1.29 is 9.13 Å². The van der Waals surface area contributed by atoms with Crippen LogP contribution >= 0.6 is 11.6 Å². The lowest BCUT2D eigenvalue weighted by Gasteiger charge is -2.08. The molecule has 0 radical (unpaired) electrons. The maximum Gasteiger partial charge on any atom is 0.289 e. The van der Waals surface area contributed by atoms with Crippen LogP contribution in [-0.4, -0.2) is 9.78 Å². The van der Waals surface area contributed by atoms with E-state index >= 15 is 0 Å². The van der Waals surface area contributed by atoms with Crippen molar-refractivity contribution in [1.29, 1.82) is 5.26 Å². The molecule has 0 unspecified atom stereocenters. The highest BCUT2D eigenvalue weighted by Crippen LogP contribution is 2.28. The number of nitriles is 1. The van der Waals surface area contributed by atoms with Crippen molar-refractivity contribution in [1.82, 2.24) is 9.78 Å². The van der Waals surface area contributed by atoms with Crippen LogP contribution in [0.5, 0.6) is 11.5 Å². The van der Waals surface area contributed by atoms with Gasteiger partial charge in [0.2, 0.25) is 0 Å². The van der Waals surface area contributed by atoms with E-state index in [0.29, 0.717) is 0 Å². The first-order chi connectivity index (χ1) is 9.02. The number of aromatic nitrogens is 2. The Kier molecular flexibility index (Phi) is 3.49. The van der Waals surface area contributed by atoms with E-state index in [2.05, 4.69) is 5.10 Å². The summed E-state index contributed by atoms with van der Waals surface area (Å²) >= 11 is 5.79. The number of ether oxygens (including phenoxy) is 1. The first-order valence-corrected chi connectivity index (χ1v) is 5.50. The smallest absolute Gasteiger partial charge is 0.289 e. The third-order valence-corrected chi connectivity index (χ3v) is 2.68. The van der Waals surface area contributed by atoms with E-state index in [1.807, 2.05) is 0 Å². The first kappa shape index (κ1) is 13.1. The number of halogens is 2. The third-order valence-electron chi connectivity index (χ3n) is 2.33. The van der Waals surface area contributed by atoms with Crippen LogP contribution in [0, 0.1) is 17.1 Å². The van der Waals surface area contributed by atoms with Crippen molar-refractivity contribution in [3.63, 3.8) is 0 Å². The van der Waals surface area contributed by atoms with Crippen molar-refractivity contribution in [2.45, 2.75) is 0 Å². The van der Waals surface area contributed by atoms with E-state index < -0.39 is 11.4 Å². The van der Waals surface area contributed by atoms with Crippen LogP contribution in [0.4, 0.5) is 4.39 Å². The lowest BCUT2D eigenvalue weighted by Crippen LogP contribution is -2.19. The zero-order chi connectivity index (χ0) is 14.0. The molecule has 0 saturated heterocycles. The molecule has 1 heterocycles. The minimum Gasteiger partial charge on any atom is -0.451 e. The summed E-state index contributed by atoms with van der Waals surface area (Å²) in [7, 11) is 1.43. The Morgan fingerprint density at radius 2 is 2.21 bits per heavy atom. The zero-order valence-electron chi connectivity index (χ0n) is 9.72. The Hall–Kier alpha value is -2.39. The molecule has 0 aliphatic rings. The number of hydrogen-bond acceptors (Lipinski definition) is 4. The Balaban J connectivity index is 2.40. The van der Waals surface area contributed by atoms with Gasteiger partial charge in [0.25, 0.3) is 5.56 Å². The van der Waals surface area contributed by atoms with Gasteiger partial charge in [0, 0.05) is 7.05 Å². The van der Waals surface area contributed by atoms with Crippen LogP contribution in [0.15, 0.2) is 29.2 Å². The molecule has 5 nitrogen and oxygen atoms in total. The second kappa shape index (κ2) is 5.08. The van der Waals surface area contributed by atoms with Crippen LogP contribution in [-0.2, 0) is 7.05 Å². The lowest BCUT2D eigenvalue weighted by atomic mass is 10.2. The quantitative estimate of drug-likeness (QED) is 0.845. The summed E-state index contributed by atoms with van der Waals surface area (Å²) in [6.45, 7) is 0. The van der Waals surface area contributed by atoms with Gasteiger partial charge in [0.15, 0.2) is 22.3 Å². The average molecular weight is 280 g/mol. The van der Waals surface area contributed by atoms with Gasteiger partial charge < -0.3 is 4.74 Å². The first-order valence-electron chi connectivity index (χ1n) is 5.12. The van der Waals surface area contributed by atoms with Gasteiger partial charge in [-0.05, 0) is 18.2 Å². The van der Waals surface area contributed by atoms with E-state index in [0.717, 1.165) is 10.7 Å². The molecule has 0 N–H and O–H groups in total. The second-order valence-corrected chi connectivity index (χ2v) is 3.99. The van der Waals surface area contributed by atoms with E-state index in [1.165, 1.54) is 25.4 Å². The molecular weight excluding hydrogens is 273 g/mol. The largest absolute Gasteiger partial charge is 0.451 e. The van der Waals surface area contributed by atoms with Gasteiger partial charge >= 0.3 is 0 Å². The summed E-state index contributed by atoms with van der Waals surface area (Å²) in [6, 6.07) is 5.49. The summed E-state index contributed by atoms with van der Waals surface area (Å²) in [5.41, 5.74) is -0.383. The minimum atomic E-state index is -0.726. The normalized spacial score (nSPS) is 10.0. The van der Waals surface area contributed by atoms with Crippen LogP contribution in [0.2, 0.25) is 5.02 Å². The summed E-state index contributed by atoms with van der Waals surface area (Å²) in [5, 5.41) is 12.1. The Morgan fingerprint density at radius 1 is 1.47 bits per heavy atom. The van der Waals surface area contributed by atoms with Crippen molar-refractivity contribution >= 4 is 11.6 Å². The maximum atomic E-state index is 13.6. The van der Waals surface area contributed by atoms with Gasteiger partial charge in [-0.3, -0.25) is 4.79 Å². The average Bonchev–Trinajstić information content (AvgIpc) is 2.41. The fourth-order valence-corrected chi connectivity index (χ4v) is 1.55. The van der Waals surface area contributed by atoms with E-state index in [1.54, 1.807) is 6.07 Å². The molecular formula is C12H7ClFN3O2. The molecule has 1 aromatic heterocycles. The van der Waals surface area contributed by atoms with Crippen LogP contribution in [0.3, 0.4) is 0 Å². The predicted molar refractivity (Wildman–Crippen MR) is 65.7 cm³/mol. The zero-order valence-corrected chi connectivity index (χ0v) is 10.5. The molecule has 2 aromatic rings. The molecule has 2 rings (SSSR count). The Morgan fingerprint density at radius 3 is 2.84 bits per heavy atom. The molecule has 0 aliphatic heterocycles. The van der Waals surface area contributed by atoms with E-state index in [9.17, 15) is 9.18 Å². The number of benzene rings is 1. The molecule has 0 bridgehead atoms. The van der Waals surface area contributed by atoms with Crippen LogP contribution in [0.25, 0.3) is 0 Å². The van der Waals surface area contributed by atoms with Gasteiger partial charge in [-0.15, -0.1) is 0 Å². The Bertz CT molecular complexity index is 737. The number of hydrogen-bond donors (Lipinski definition) is 0. The van der Waals surface area contributed by atoms with Gasteiger partial charge in [0.05, 0.1) is 17.8 Å². The summed E-state index contributed by atoms with van der Waals surface area (Å²) in [6.07, 6.45) is 1.21. The van der Waals surface area contributed by atoms with Crippen LogP contribution in [0.1, 0.15) is 5.56 Å². The van der Waals surface area contributed by atoms with Gasteiger partial charge in [-0.1, -0.05) is 11.6 Å². The summed E-state index contributed by atoms with van der Waals surface area (Å²) in [4.78, 5) is 11.5. The van der Waals surface area contributed by atoms with Crippen molar-refractivity contribution in [2.24, 2.45) is 7.05 Å². The van der Waals surface area contributed by atoms with Crippen molar-refractivity contribution in [3.8, 4) is 17.6 Å². The third kappa shape index (κ3) is 2.56.